The average molecular weight is 311 g/mol. The van der Waals surface area contributed by atoms with Gasteiger partial charge in [0.25, 0.3) is 0 Å². The van der Waals surface area contributed by atoms with Crippen molar-refractivity contribution in [1.82, 2.24) is 0 Å². The molecular formula is C11H10BrF3O2. The first kappa shape index (κ1) is 14.0. The smallest absolute Gasteiger partial charge is 0.390 e. The molecule has 6 heteroatoms. The van der Waals surface area contributed by atoms with Crippen LogP contribution in [-0.2, 0) is 4.79 Å². The maximum atomic E-state index is 12.1. The lowest BCUT2D eigenvalue weighted by Gasteiger charge is -2.13. The van der Waals surface area contributed by atoms with E-state index in [0.29, 0.717) is 11.3 Å². The molecule has 0 bridgehead atoms. The second kappa shape index (κ2) is 5.53. The summed E-state index contributed by atoms with van der Waals surface area (Å²) in [6.07, 6.45) is -5.16. The summed E-state index contributed by atoms with van der Waals surface area (Å²) in [6, 6.07) is 5.90. The standard InChI is InChI=1S/C11H10BrF3O2/c1-7(16)17-9-4-2-8(3-5-9)10(12)6-11(13,14)15/h2-5,10H,6H2,1H3. The molecule has 1 unspecified atom stereocenters. The van der Waals surface area contributed by atoms with Crippen molar-refractivity contribution < 1.29 is 22.7 Å². The molecule has 1 rings (SSSR count). The summed E-state index contributed by atoms with van der Waals surface area (Å²) in [7, 11) is 0. The molecule has 0 heterocycles. The van der Waals surface area contributed by atoms with Crippen molar-refractivity contribution in [2.45, 2.75) is 24.3 Å². The third-order valence-corrected chi connectivity index (χ3v) is 2.77. The summed E-state index contributed by atoms with van der Waals surface area (Å²) in [6.45, 7) is 1.25. The van der Waals surface area contributed by atoms with Gasteiger partial charge in [-0.25, -0.2) is 0 Å². The van der Waals surface area contributed by atoms with Crippen LogP contribution < -0.4 is 4.74 Å². The van der Waals surface area contributed by atoms with Gasteiger partial charge in [-0.1, -0.05) is 28.1 Å². The van der Waals surface area contributed by atoms with Gasteiger partial charge in [0, 0.05) is 11.8 Å². The van der Waals surface area contributed by atoms with Crippen LogP contribution in [0.5, 0.6) is 5.75 Å². The predicted molar refractivity (Wildman–Crippen MR) is 60.1 cm³/mol. The Labute approximate surface area is 105 Å². The molecule has 94 valence electrons. The number of carbonyl (C=O) groups is 1. The van der Waals surface area contributed by atoms with Crippen LogP contribution in [0.2, 0.25) is 0 Å². The number of benzene rings is 1. The van der Waals surface area contributed by atoms with E-state index in [-0.39, 0.29) is 0 Å². The Morgan fingerprint density at radius 2 is 1.88 bits per heavy atom. The van der Waals surface area contributed by atoms with E-state index in [0.717, 1.165) is 0 Å². The van der Waals surface area contributed by atoms with Gasteiger partial charge in [-0.3, -0.25) is 4.79 Å². The molecule has 1 aromatic carbocycles. The quantitative estimate of drug-likeness (QED) is 0.479. The Morgan fingerprint density at radius 3 is 2.29 bits per heavy atom. The van der Waals surface area contributed by atoms with Crippen molar-refractivity contribution in [3.8, 4) is 5.75 Å². The maximum Gasteiger partial charge on any atom is 0.390 e. The van der Waals surface area contributed by atoms with Gasteiger partial charge >= 0.3 is 12.1 Å². The van der Waals surface area contributed by atoms with Crippen molar-refractivity contribution >= 4 is 21.9 Å². The van der Waals surface area contributed by atoms with Gasteiger partial charge in [0.05, 0.1) is 6.42 Å². The average Bonchev–Trinajstić information content (AvgIpc) is 2.15. The molecule has 0 aliphatic rings. The molecule has 0 radical (unpaired) electrons. The van der Waals surface area contributed by atoms with E-state index < -0.39 is 23.4 Å². The minimum Gasteiger partial charge on any atom is -0.427 e. The van der Waals surface area contributed by atoms with Crippen LogP contribution in [0.3, 0.4) is 0 Å². The Morgan fingerprint density at radius 1 is 1.35 bits per heavy atom. The normalized spacial score (nSPS) is 13.2. The van der Waals surface area contributed by atoms with E-state index in [9.17, 15) is 18.0 Å². The highest BCUT2D eigenvalue weighted by Crippen LogP contribution is 2.35. The van der Waals surface area contributed by atoms with Gasteiger partial charge in [-0.05, 0) is 17.7 Å². The molecule has 0 saturated heterocycles. The number of ether oxygens (including phenoxy) is 1. The zero-order valence-corrected chi connectivity index (χ0v) is 10.5. The van der Waals surface area contributed by atoms with Gasteiger partial charge in [0.15, 0.2) is 0 Å². The molecule has 0 spiro atoms. The number of esters is 1. The summed E-state index contributed by atoms with van der Waals surface area (Å²) < 4.78 is 41.2. The van der Waals surface area contributed by atoms with Crippen molar-refractivity contribution in [3.05, 3.63) is 29.8 Å². The van der Waals surface area contributed by atoms with Crippen LogP contribution >= 0.6 is 15.9 Å². The Hall–Kier alpha value is -1.04. The third kappa shape index (κ3) is 5.21. The number of hydrogen-bond donors (Lipinski definition) is 0. The molecule has 1 aromatic rings. The molecule has 2 nitrogen and oxygen atoms in total. The second-order valence-corrected chi connectivity index (χ2v) is 4.55. The molecule has 0 N–H and O–H groups in total. The second-order valence-electron chi connectivity index (χ2n) is 3.45. The predicted octanol–water partition coefficient (Wildman–Crippen LogP) is 4.00. The summed E-state index contributed by atoms with van der Waals surface area (Å²) in [5.74, 6) is -0.156. The molecule has 0 fully saturated rings. The molecule has 0 aliphatic carbocycles. The van der Waals surface area contributed by atoms with E-state index in [4.69, 9.17) is 4.74 Å². The highest BCUT2D eigenvalue weighted by atomic mass is 79.9. The number of rotatable bonds is 3. The van der Waals surface area contributed by atoms with Crippen LogP contribution in [0.4, 0.5) is 13.2 Å². The fraction of sp³-hybridized carbons (Fsp3) is 0.364. The SMILES string of the molecule is CC(=O)Oc1ccc(C(Br)CC(F)(F)F)cc1. The van der Waals surface area contributed by atoms with Crippen LogP contribution in [0, 0.1) is 0 Å². The highest BCUT2D eigenvalue weighted by molar-refractivity contribution is 9.09. The van der Waals surface area contributed by atoms with Gasteiger partial charge in [0.1, 0.15) is 5.75 Å². The van der Waals surface area contributed by atoms with Gasteiger partial charge in [-0.15, -0.1) is 0 Å². The molecule has 0 amide bonds. The van der Waals surface area contributed by atoms with Gasteiger partial charge in [-0.2, -0.15) is 13.2 Å². The Balaban J connectivity index is 2.70. The first-order chi connectivity index (χ1) is 7.78. The van der Waals surface area contributed by atoms with Crippen molar-refractivity contribution in [3.63, 3.8) is 0 Å². The Bertz CT molecular complexity index is 387. The molecule has 0 saturated carbocycles. The van der Waals surface area contributed by atoms with E-state index in [2.05, 4.69) is 15.9 Å². The van der Waals surface area contributed by atoms with E-state index in [1.165, 1.54) is 31.2 Å². The molecule has 0 aromatic heterocycles. The fourth-order valence-electron chi connectivity index (χ4n) is 1.23. The summed E-state index contributed by atoms with van der Waals surface area (Å²) in [5.41, 5.74) is 0.484. The monoisotopic (exact) mass is 310 g/mol. The topological polar surface area (TPSA) is 26.3 Å². The van der Waals surface area contributed by atoms with Crippen LogP contribution in [0.15, 0.2) is 24.3 Å². The number of halogens is 4. The van der Waals surface area contributed by atoms with Crippen LogP contribution in [0.25, 0.3) is 0 Å². The first-order valence-electron chi connectivity index (χ1n) is 4.77. The Kier molecular flexibility index (Phi) is 4.56. The summed E-state index contributed by atoms with van der Waals surface area (Å²) in [5, 5.41) is 0. The maximum absolute atomic E-state index is 12.1. The lowest BCUT2D eigenvalue weighted by molar-refractivity contribution is -0.134. The van der Waals surface area contributed by atoms with E-state index in [1.54, 1.807) is 0 Å². The number of alkyl halides is 4. The van der Waals surface area contributed by atoms with E-state index >= 15 is 0 Å². The van der Waals surface area contributed by atoms with Crippen molar-refractivity contribution in [2.24, 2.45) is 0 Å². The van der Waals surface area contributed by atoms with Crippen LogP contribution in [0.1, 0.15) is 23.7 Å². The highest BCUT2D eigenvalue weighted by Gasteiger charge is 2.31. The lowest BCUT2D eigenvalue weighted by Crippen LogP contribution is -2.10. The van der Waals surface area contributed by atoms with Crippen molar-refractivity contribution in [2.75, 3.05) is 0 Å². The third-order valence-electron chi connectivity index (χ3n) is 1.91. The summed E-state index contributed by atoms with van der Waals surface area (Å²) >= 11 is 2.97. The largest absolute Gasteiger partial charge is 0.427 e. The molecule has 0 aliphatic heterocycles. The fourth-order valence-corrected chi connectivity index (χ4v) is 1.90. The minimum absolute atomic E-state index is 0.313. The number of carbonyl (C=O) groups excluding carboxylic acids is 1. The zero-order chi connectivity index (χ0) is 13.1. The first-order valence-corrected chi connectivity index (χ1v) is 5.69. The van der Waals surface area contributed by atoms with Crippen LogP contribution in [-0.4, -0.2) is 12.1 Å². The molecule has 1 atom stereocenters. The zero-order valence-electron chi connectivity index (χ0n) is 8.92. The van der Waals surface area contributed by atoms with Gasteiger partial charge < -0.3 is 4.74 Å². The van der Waals surface area contributed by atoms with Gasteiger partial charge in [0.2, 0.25) is 0 Å². The lowest BCUT2D eigenvalue weighted by atomic mass is 10.1. The number of hydrogen-bond acceptors (Lipinski definition) is 2. The molecular weight excluding hydrogens is 301 g/mol. The van der Waals surface area contributed by atoms with Crippen molar-refractivity contribution in [1.29, 1.82) is 0 Å². The minimum atomic E-state index is -4.22. The summed E-state index contributed by atoms with van der Waals surface area (Å²) in [4.78, 5) is 9.84. The van der Waals surface area contributed by atoms with E-state index in [1.807, 2.05) is 0 Å². The molecule has 17 heavy (non-hydrogen) atoms.